The molecule has 7 heteroatoms. The van der Waals surface area contributed by atoms with Crippen LogP contribution < -0.4 is 0 Å². The molecule has 0 fully saturated rings. The molecule has 16 heavy (non-hydrogen) atoms. The van der Waals surface area contributed by atoms with Crippen molar-refractivity contribution in [2.75, 3.05) is 0 Å². The van der Waals surface area contributed by atoms with Crippen molar-refractivity contribution < 1.29 is 22.0 Å². The van der Waals surface area contributed by atoms with Gasteiger partial charge in [0, 0.05) is 9.85 Å². The molecule has 1 aromatic rings. The lowest BCUT2D eigenvalue weighted by Gasteiger charge is -2.14. The molecule has 0 N–H and O–H groups in total. The Morgan fingerprint density at radius 3 is 2.19 bits per heavy atom. The molecule has 1 aromatic carbocycles. The molecule has 1 rings (SSSR count). The predicted molar refractivity (Wildman–Crippen MR) is 53.7 cm³/mol. The standard InChI is InChI=1S/C9H5BrClF5/c10-5(3-9(14,15)16)4-1-7(12)8(13)2-6(4)11/h1-2,5H,3H2. The normalized spacial score (nSPS) is 13.9. The Labute approximate surface area is 102 Å². The zero-order valence-electron chi connectivity index (χ0n) is 7.58. The summed E-state index contributed by atoms with van der Waals surface area (Å²) in [6.45, 7) is 0. The van der Waals surface area contributed by atoms with Gasteiger partial charge in [-0.2, -0.15) is 13.2 Å². The Hall–Kier alpha value is -0.360. The van der Waals surface area contributed by atoms with E-state index >= 15 is 0 Å². The fourth-order valence-corrected chi connectivity index (χ4v) is 2.25. The van der Waals surface area contributed by atoms with Crippen molar-refractivity contribution in [3.05, 3.63) is 34.4 Å². The first kappa shape index (κ1) is 13.7. The van der Waals surface area contributed by atoms with Gasteiger partial charge in [0.25, 0.3) is 0 Å². The fourth-order valence-electron chi connectivity index (χ4n) is 1.09. The molecule has 0 aliphatic carbocycles. The lowest BCUT2D eigenvalue weighted by Crippen LogP contribution is -2.11. The highest BCUT2D eigenvalue weighted by molar-refractivity contribution is 9.09. The van der Waals surface area contributed by atoms with E-state index in [1.807, 2.05) is 0 Å². The van der Waals surface area contributed by atoms with E-state index in [0.29, 0.717) is 12.1 Å². The van der Waals surface area contributed by atoms with Crippen LogP contribution in [0.4, 0.5) is 22.0 Å². The van der Waals surface area contributed by atoms with Crippen molar-refractivity contribution in [3.8, 4) is 0 Å². The van der Waals surface area contributed by atoms with Crippen LogP contribution in [0.3, 0.4) is 0 Å². The van der Waals surface area contributed by atoms with E-state index < -0.39 is 29.1 Å². The lowest BCUT2D eigenvalue weighted by atomic mass is 10.1. The number of hydrogen-bond donors (Lipinski definition) is 0. The molecule has 1 unspecified atom stereocenters. The average Bonchev–Trinajstić information content (AvgIpc) is 2.08. The number of benzene rings is 1. The molecule has 0 heterocycles. The molecular weight excluding hydrogens is 318 g/mol. The SMILES string of the molecule is Fc1cc(Cl)c(C(Br)CC(F)(F)F)cc1F. The minimum Gasteiger partial charge on any atom is -0.204 e. The Kier molecular flexibility index (Phi) is 4.17. The predicted octanol–water partition coefficient (Wildman–Crippen LogP) is 5.01. The molecule has 0 nitrogen and oxygen atoms in total. The summed E-state index contributed by atoms with van der Waals surface area (Å²) in [6, 6.07) is 1.31. The number of hydrogen-bond acceptors (Lipinski definition) is 0. The van der Waals surface area contributed by atoms with Crippen molar-refractivity contribution in [2.45, 2.75) is 17.4 Å². The maximum Gasteiger partial charge on any atom is 0.390 e. The van der Waals surface area contributed by atoms with Gasteiger partial charge in [-0.15, -0.1) is 0 Å². The minimum atomic E-state index is -4.41. The highest BCUT2D eigenvalue weighted by Crippen LogP contribution is 2.38. The topological polar surface area (TPSA) is 0 Å². The van der Waals surface area contributed by atoms with Crippen LogP contribution in [0.25, 0.3) is 0 Å². The molecule has 1 atom stereocenters. The second-order valence-corrected chi connectivity index (χ2v) is 4.59. The van der Waals surface area contributed by atoms with Crippen LogP contribution in [0.15, 0.2) is 12.1 Å². The monoisotopic (exact) mass is 322 g/mol. The molecular formula is C9H5BrClF5. The summed E-state index contributed by atoms with van der Waals surface area (Å²) in [5.41, 5.74) is -0.127. The number of alkyl halides is 4. The maximum absolute atomic E-state index is 12.8. The van der Waals surface area contributed by atoms with E-state index in [2.05, 4.69) is 15.9 Å². The van der Waals surface area contributed by atoms with Crippen LogP contribution in [-0.4, -0.2) is 6.18 Å². The van der Waals surface area contributed by atoms with Crippen LogP contribution in [0, 0.1) is 11.6 Å². The van der Waals surface area contributed by atoms with Crippen LogP contribution in [0.2, 0.25) is 5.02 Å². The van der Waals surface area contributed by atoms with E-state index in [-0.39, 0.29) is 10.6 Å². The van der Waals surface area contributed by atoms with Gasteiger partial charge in [-0.25, -0.2) is 8.78 Å². The third-order valence-electron chi connectivity index (χ3n) is 1.79. The minimum absolute atomic E-state index is 0.127. The van der Waals surface area contributed by atoms with E-state index in [1.54, 1.807) is 0 Å². The first-order valence-electron chi connectivity index (χ1n) is 4.06. The Balaban J connectivity index is 3.00. The number of rotatable bonds is 2. The summed E-state index contributed by atoms with van der Waals surface area (Å²) in [5.74, 6) is -2.42. The molecule has 0 spiro atoms. The van der Waals surface area contributed by atoms with Gasteiger partial charge in [-0.05, 0) is 17.7 Å². The molecule has 0 saturated heterocycles. The Bertz CT molecular complexity index is 390. The maximum atomic E-state index is 12.8. The molecule has 0 bridgehead atoms. The van der Waals surface area contributed by atoms with E-state index in [9.17, 15) is 22.0 Å². The summed E-state index contributed by atoms with van der Waals surface area (Å²) in [5, 5.41) is -0.245. The quantitative estimate of drug-likeness (QED) is 0.408. The van der Waals surface area contributed by atoms with Gasteiger partial charge >= 0.3 is 6.18 Å². The third kappa shape index (κ3) is 3.59. The van der Waals surface area contributed by atoms with Gasteiger partial charge in [0.05, 0.1) is 6.42 Å². The van der Waals surface area contributed by atoms with Gasteiger partial charge < -0.3 is 0 Å². The highest BCUT2D eigenvalue weighted by Gasteiger charge is 2.32. The van der Waals surface area contributed by atoms with Crippen molar-refractivity contribution in [2.24, 2.45) is 0 Å². The Morgan fingerprint density at radius 1 is 1.19 bits per heavy atom. The van der Waals surface area contributed by atoms with E-state index in [0.717, 1.165) is 0 Å². The fraction of sp³-hybridized carbons (Fsp3) is 0.333. The van der Waals surface area contributed by atoms with Crippen molar-refractivity contribution in [1.29, 1.82) is 0 Å². The summed E-state index contributed by atoms with van der Waals surface area (Å²) >= 11 is 8.26. The van der Waals surface area contributed by atoms with Crippen molar-refractivity contribution in [1.82, 2.24) is 0 Å². The first-order chi connectivity index (χ1) is 7.20. The highest BCUT2D eigenvalue weighted by atomic mass is 79.9. The second-order valence-electron chi connectivity index (χ2n) is 3.07. The summed E-state index contributed by atoms with van der Waals surface area (Å²) in [7, 11) is 0. The van der Waals surface area contributed by atoms with Crippen LogP contribution in [-0.2, 0) is 0 Å². The van der Waals surface area contributed by atoms with Crippen LogP contribution >= 0.6 is 27.5 Å². The van der Waals surface area contributed by atoms with Gasteiger partial charge in [-0.3, -0.25) is 0 Å². The van der Waals surface area contributed by atoms with Gasteiger partial charge in [-0.1, -0.05) is 27.5 Å². The molecule has 0 amide bonds. The molecule has 0 saturated carbocycles. The third-order valence-corrected chi connectivity index (χ3v) is 2.93. The van der Waals surface area contributed by atoms with Gasteiger partial charge in [0.2, 0.25) is 0 Å². The van der Waals surface area contributed by atoms with Gasteiger partial charge in [0.15, 0.2) is 11.6 Å². The summed E-state index contributed by atoms with van der Waals surface area (Å²) in [4.78, 5) is -1.20. The zero-order valence-corrected chi connectivity index (χ0v) is 9.93. The molecule has 0 radical (unpaired) electrons. The molecule has 90 valence electrons. The van der Waals surface area contributed by atoms with Crippen LogP contribution in [0.1, 0.15) is 16.8 Å². The average molecular weight is 323 g/mol. The zero-order chi connectivity index (χ0) is 12.5. The smallest absolute Gasteiger partial charge is 0.204 e. The number of halogens is 7. The van der Waals surface area contributed by atoms with Crippen molar-refractivity contribution in [3.63, 3.8) is 0 Å². The first-order valence-corrected chi connectivity index (χ1v) is 5.35. The van der Waals surface area contributed by atoms with Crippen LogP contribution in [0.5, 0.6) is 0 Å². The molecule has 0 aliphatic rings. The van der Waals surface area contributed by atoms with E-state index in [1.165, 1.54) is 0 Å². The lowest BCUT2D eigenvalue weighted by molar-refractivity contribution is -0.134. The van der Waals surface area contributed by atoms with E-state index in [4.69, 9.17) is 11.6 Å². The summed E-state index contributed by atoms with van der Waals surface area (Å²) in [6.07, 6.45) is -5.62. The second kappa shape index (κ2) is 4.87. The Morgan fingerprint density at radius 2 is 1.69 bits per heavy atom. The largest absolute Gasteiger partial charge is 0.390 e. The summed E-state index contributed by atoms with van der Waals surface area (Å²) < 4.78 is 61.7. The molecule has 0 aromatic heterocycles. The molecule has 0 aliphatic heterocycles. The van der Waals surface area contributed by atoms with Gasteiger partial charge in [0.1, 0.15) is 0 Å². The van der Waals surface area contributed by atoms with Crippen molar-refractivity contribution >= 4 is 27.5 Å².